The summed E-state index contributed by atoms with van der Waals surface area (Å²) in [5, 5.41) is 5.65. The molecule has 0 bridgehead atoms. The molecule has 0 saturated carbocycles. The summed E-state index contributed by atoms with van der Waals surface area (Å²) in [6.07, 6.45) is 1.34. The lowest BCUT2D eigenvalue weighted by Gasteiger charge is -2.19. The van der Waals surface area contributed by atoms with Crippen LogP contribution in [0.15, 0.2) is 6.33 Å². The number of H-pyrrole nitrogens is 1. The van der Waals surface area contributed by atoms with Crippen LogP contribution in [0.1, 0.15) is 12.7 Å². The van der Waals surface area contributed by atoms with E-state index in [1.54, 1.807) is 6.92 Å². The standard InChI is InChI=1S/C7H15N5O2S/c1-6(3-8)15(13,14)12(2)4-7-9-5-10-11-7/h5-6H,3-4,8H2,1-2H3,(H,9,10,11). The van der Waals surface area contributed by atoms with Crippen molar-refractivity contribution < 1.29 is 8.42 Å². The van der Waals surface area contributed by atoms with Gasteiger partial charge in [0.05, 0.1) is 11.8 Å². The highest BCUT2D eigenvalue weighted by Gasteiger charge is 2.25. The highest BCUT2D eigenvalue weighted by Crippen LogP contribution is 2.08. The third-order valence-electron chi connectivity index (χ3n) is 2.11. The predicted molar refractivity (Wildman–Crippen MR) is 55.3 cm³/mol. The van der Waals surface area contributed by atoms with Crippen LogP contribution >= 0.6 is 0 Å². The zero-order valence-corrected chi connectivity index (χ0v) is 9.53. The van der Waals surface area contributed by atoms with Gasteiger partial charge in [0.25, 0.3) is 0 Å². The number of nitrogens with two attached hydrogens (primary N) is 1. The van der Waals surface area contributed by atoms with Gasteiger partial charge >= 0.3 is 0 Å². The molecule has 0 aliphatic carbocycles. The fourth-order valence-electron chi connectivity index (χ4n) is 1.04. The summed E-state index contributed by atoms with van der Waals surface area (Å²) in [4.78, 5) is 3.85. The second-order valence-corrected chi connectivity index (χ2v) is 5.74. The van der Waals surface area contributed by atoms with E-state index >= 15 is 0 Å². The average Bonchev–Trinajstić information content (AvgIpc) is 2.68. The molecule has 0 radical (unpaired) electrons. The minimum absolute atomic E-state index is 0.100. The third kappa shape index (κ3) is 2.74. The van der Waals surface area contributed by atoms with E-state index in [2.05, 4.69) is 15.2 Å². The van der Waals surface area contributed by atoms with E-state index in [9.17, 15) is 8.42 Å². The first-order chi connectivity index (χ1) is 6.98. The number of aromatic nitrogens is 3. The molecule has 0 saturated heterocycles. The molecule has 0 amide bonds. The lowest BCUT2D eigenvalue weighted by atomic mass is 10.5. The van der Waals surface area contributed by atoms with Gasteiger partial charge in [0.1, 0.15) is 12.2 Å². The van der Waals surface area contributed by atoms with Crippen molar-refractivity contribution in [2.75, 3.05) is 13.6 Å². The van der Waals surface area contributed by atoms with Crippen LogP contribution in [-0.4, -0.2) is 46.7 Å². The van der Waals surface area contributed by atoms with Crippen molar-refractivity contribution in [2.45, 2.75) is 18.7 Å². The fraction of sp³-hybridized carbons (Fsp3) is 0.714. The van der Waals surface area contributed by atoms with Crippen molar-refractivity contribution in [1.82, 2.24) is 19.5 Å². The SMILES string of the molecule is CC(CN)S(=O)(=O)N(C)Cc1ncn[nH]1. The van der Waals surface area contributed by atoms with Gasteiger partial charge in [0.2, 0.25) is 10.0 Å². The largest absolute Gasteiger partial charge is 0.329 e. The summed E-state index contributed by atoms with van der Waals surface area (Å²) in [5.41, 5.74) is 5.33. The van der Waals surface area contributed by atoms with Crippen LogP contribution in [0, 0.1) is 0 Å². The van der Waals surface area contributed by atoms with Gasteiger partial charge in [-0.1, -0.05) is 0 Å². The van der Waals surface area contributed by atoms with Gasteiger partial charge in [0, 0.05) is 13.6 Å². The Morgan fingerprint density at radius 1 is 1.67 bits per heavy atom. The molecule has 86 valence electrons. The quantitative estimate of drug-likeness (QED) is 0.672. The van der Waals surface area contributed by atoms with E-state index in [4.69, 9.17) is 5.73 Å². The predicted octanol–water partition coefficient (Wildman–Crippen LogP) is -1.09. The maximum Gasteiger partial charge on any atom is 0.218 e. The Bertz CT molecular complexity index is 388. The number of nitrogens with zero attached hydrogens (tertiary/aromatic N) is 3. The molecule has 1 unspecified atom stereocenters. The molecule has 1 rings (SSSR count). The van der Waals surface area contributed by atoms with Crippen molar-refractivity contribution in [3.63, 3.8) is 0 Å². The van der Waals surface area contributed by atoms with Crippen molar-refractivity contribution in [2.24, 2.45) is 5.73 Å². The number of hydrogen-bond donors (Lipinski definition) is 2. The van der Waals surface area contributed by atoms with E-state index in [-0.39, 0.29) is 13.1 Å². The molecular weight excluding hydrogens is 218 g/mol. The molecule has 15 heavy (non-hydrogen) atoms. The summed E-state index contributed by atoms with van der Waals surface area (Å²) >= 11 is 0. The molecule has 1 aromatic heterocycles. The molecule has 1 heterocycles. The van der Waals surface area contributed by atoms with E-state index in [1.807, 2.05) is 0 Å². The summed E-state index contributed by atoms with van der Waals surface area (Å²) in [5.74, 6) is 0.505. The van der Waals surface area contributed by atoms with Crippen molar-refractivity contribution >= 4 is 10.0 Å². The van der Waals surface area contributed by atoms with E-state index in [0.29, 0.717) is 5.82 Å². The van der Waals surface area contributed by atoms with E-state index in [1.165, 1.54) is 17.7 Å². The van der Waals surface area contributed by atoms with Gasteiger partial charge in [-0.2, -0.15) is 9.40 Å². The highest BCUT2D eigenvalue weighted by atomic mass is 32.2. The molecule has 0 fully saturated rings. The lowest BCUT2D eigenvalue weighted by Crippen LogP contribution is -2.38. The molecular formula is C7H15N5O2S. The van der Waals surface area contributed by atoms with Gasteiger partial charge in [-0.15, -0.1) is 0 Å². The number of aromatic amines is 1. The monoisotopic (exact) mass is 233 g/mol. The maximum absolute atomic E-state index is 11.8. The zero-order chi connectivity index (χ0) is 11.5. The Morgan fingerprint density at radius 2 is 2.33 bits per heavy atom. The first-order valence-electron chi connectivity index (χ1n) is 4.48. The highest BCUT2D eigenvalue weighted by molar-refractivity contribution is 7.89. The van der Waals surface area contributed by atoms with Crippen molar-refractivity contribution in [1.29, 1.82) is 0 Å². The minimum atomic E-state index is -3.34. The molecule has 0 aromatic carbocycles. The summed E-state index contributed by atoms with van der Waals surface area (Å²) in [6, 6.07) is 0. The van der Waals surface area contributed by atoms with Crippen LogP contribution in [0.25, 0.3) is 0 Å². The average molecular weight is 233 g/mol. The second kappa shape index (κ2) is 4.69. The van der Waals surface area contributed by atoms with Gasteiger partial charge in [-0.25, -0.2) is 13.4 Å². The second-order valence-electron chi connectivity index (χ2n) is 3.28. The number of hydrogen-bond acceptors (Lipinski definition) is 5. The molecule has 1 aromatic rings. The van der Waals surface area contributed by atoms with Gasteiger partial charge in [-0.05, 0) is 6.92 Å². The molecule has 0 aliphatic rings. The van der Waals surface area contributed by atoms with Crippen LogP contribution in [-0.2, 0) is 16.6 Å². The van der Waals surface area contributed by atoms with E-state index in [0.717, 1.165) is 0 Å². The molecule has 8 heteroatoms. The Hall–Kier alpha value is -0.990. The lowest BCUT2D eigenvalue weighted by molar-refractivity contribution is 0.449. The topological polar surface area (TPSA) is 105 Å². The van der Waals surface area contributed by atoms with Crippen molar-refractivity contribution in [3.8, 4) is 0 Å². The molecule has 0 spiro atoms. The maximum atomic E-state index is 11.8. The van der Waals surface area contributed by atoms with Crippen LogP contribution in [0.5, 0.6) is 0 Å². The summed E-state index contributed by atoms with van der Waals surface area (Å²) in [6.45, 7) is 1.85. The Balaban J connectivity index is 2.72. The third-order valence-corrected chi connectivity index (χ3v) is 4.32. The Kier molecular flexibility index (Phi) is 3.77. The van der Waals surface area contributed by atoms with Crippen molar-refractivity contribution in [3.05, 3.63) is 12.2 Å². The smallest absolute Gasteiger partial charge is 0.218 e. The van der Waals surface area contributed by atoms with E-state index < -0.39 is 15.3 Å². The van der Waals surface area contributed by atoms with Gasteiger partial charge in [0.15, 0.2) is 0 Å². The minimum Gasteiger partial charge on any atom is -0.329 e. The zero-order valence-electron chi connectivity index (χ0n) is 8.71. The molecule has 7 nitrogen and oxygen atoms in total. The van der Waals surface area contributed by atoms with Crippen LogP contribution in [0.3, 0.4) is 0 Å². The van der Waals surface area contributed by atoms with Gasteiger partial charge in [-0.3, -0.25) is 5.10 Å². The van der Waals surface area contributed by atoms with Crippen LogP contribution < -0.4 is 5.73 Å². The number of nitrogens with one attached hydrogen (secondary N) is 1. The molecule has 3 N–H and O–H groups in total. The number of rotatable bonds is 5. The van der Waals surface area contributed by atoms with Crippen LogP contribution in [0.4, 0.5) is 0 Å². The van der Waals surface area contributed by atoms with Gasteiger partial charge < -0.3 is 5.73 Å². The first kappa shape index (κ1) is 12.1. The molecule has 1 atom stereocenters. The molecule has 0 aliphatic heterocycles. The first-order valence-corrected chi connectivity index (χ1v) is 5.98. The Morgan fingerprint density at radius 3 is 2.80 bits per heavy atom. The number of sulfonamides is 1. The Labute approximate surface area is 88.7 Å². The fourth-order valence-corrected chi connectivity index (χ4v) is 2.20. The normalized spacial score (nSPS) is 14.4. The summed E-state index contributed by atoms with van der Waals surface area (Å²) < 4.78 is 24.8. The van der Waals surface area contributed by atoms with Crippen LogP contribution in [0.2, 0.25) is 0 Å². The summed E-state index contributed by atoms with van der Waals surface area (Å²) in [7, 11) is -1.85.